The maximum absolute atomic E-state index is 12.7. The Morgan fingerprint density at radius 3 is 2.56 bits per heavy atom. The van der Waals surface area contributed by atoms with Crippen molar-refractivity contribution in [3.05, 3.63) is 12.7 Å². The molecule has 0 bridgehead atoms. The van der Waals surface area contributed by atoms with Crippen LogP contribution in [-0.4, -0.2) is 62.6 Å². The molecular formula is C18H27N5O2. The molecule has 1 saturated heterocycles. The molecule has 2 aliphatic carbocycles. The highest BCUT2D eigenvalue weighted by Crippen LogP contribution is 2.65. The Morgan fingerprint density at radius 2 is 1.88 bits per heavy atom. The van der Waals surface area contributed by atoms with E-state index in [9.17, 15) is 9.59 Å². The quantitative estimate of drug-likeness (QED) is 0.807. The zero-order valence-corrected chi connectivity index (χ0v) is 14.8. The zero-order valence-electron chi connectivity index (χ0n) is 14.8. The first-order chi connectivity index (χ1) is 12.2. The number of aromatic nitrogens is 3. The lowest BCUT2D eigenvalue weighted by Crippen LogP contribution is -2.39. The van der Waals surface area contributed by atoms with E-state index >= 15 is 0 Å². The first-order valence-electron chi connectivity index (χ1n) is 9.57. The lowest BCUT2D eigenvalue weighted by Gasteiger charge is -2.28. The molecule has 2 amide bonds. The Kier molecular flexibility index (Phi) is 4.48. The second-order valence-corrected chi connectivity index (χ2v) is 7.79. The molecular weight excluding hydrogens is 318 g/mol. The molecule has 136 valence electrons. The fraction of sp³-hybridized carbons (Fsp3) is 0.778. The van der Waals surface area contributed by atoms with Crippen LogP contribution in [0.25, 0.3) is 0 Å². The highest BCUT2D eigenvalue weighted by Gasteiger charge is 2.61. The summed E-state index contributed by atoms with van der Waals surface area (Å²) in [5.74, 6) is 0.822. The molecule has 0 radical (unpaired) electrons. The summed E-state index contributed by atoms with van der Waals surface area (Å²) in [5, 5.41) is 4.05. The molecule has 1 aromatic heterocycles. The minimum Gasteiger partial charge on any atom is -0.341 e. The summed E-state index contributed by atoms with van der Waals surface area (Å²) in [6.45, 7) is 3.65. The van der Waals surface area contributed by atoms with Gasteiger partial charge in [0.1, 0.15) is 12.7 Å². The number of carbonyl (C=O) groups excluding carboxylic acids is 2. The molecule has 25 heavy (non-hydrogen) atoms. The number of amides is 2. The van der Waals surface area contributed by atoms with Crippen LogP contribution in [-0.2, 0) is 16.1 Å². The van der Waals surface area contributed by atoms with Gasteiger partial charge in [0.2, 0.25) is 11.8 Å². The normalized spacial score (nSPS) is 24.7. The van der Waals surface area contributed by atoms with Crippen LogP contribution in [0.15, 0.2) is 12.7 Å². The third-order valence-corrected chi connectivity index (χ3v) is 6.24. The van der Waals surface area contributed by atoms with Gasteiger partial charge in [0, 0.05) is 45.1 Å². The van der Waals surface area contributed by atoms with Gasteiger partial charge >= 0.3 is 0 Å². The molecule has 1 aliphatic heterocycles. The van der Waals surface area contributed by atoms with Crippen molar-refractivity contribution in [1.82, 2.24) is 24.6 Å². The van der Waals surface area contributed by atoms with Crippen molar-refractivity contribution < 1.29 is 9.59 Å². The highest BCUT2D eigenvalue weighted by atomic mass is 16.2. The number of carbonyl (C=O) groups is 2. The molecule has 1 spiro atoms. The number of hydrogen-bond donors (Lipinski definition) is 0. The van der Waals surface area contributed by atoms with Crippen molar-refractivity contribution >= 4 is 11.8 Å². The average molecular weight is 345 g/mol. The molecule has 7 nitrogen and oxygen atoms in total. The molecule has 2 heterocycles. The lowest BCUT2D eigenvalue weighted by molar-refractivity contribution is -0.135. The summed E-state index contributed by atoms with van der Waals surface area (Å²) in [6.07, 6.45) is 10.3. The summed E-state index contributed by atoms with van der Waals surface area (Å²) < 4.78 is 1.75. The molecule has 1 aromatic rings. The van der Waals surface area contributed by atoms with Gasteiger partial charge in [0.05, 0.1) is 0 Å². The Balaban J connectivity index is 1.22. The van der Waals surface area contributed by atoms with Gasteiger partial charge in [-0.15, -0.1) is 0 Å². The van der Waals surface area contributed by atoms with Gasteiger partial charge in [-0.3, -0.25) is 14.3 Å². The molecule has 3 fully saturated rings. The van der Waals surface area contributed by atoms with Crippen molar-refractivity contribution in [3.8, 4) is 0 Å². The van der Waals surface area contributed by atoms with E-state index in [4.69, 9.17) is 0 Å². The van der Waals surface area contributed by atoms with E-state index in [1.54, 1.807) is 11.0 Å². The van der Waals surface area contributed by atoms with E-state index < -0.39 is 0 Å². The van der Waals surface area contributed by atoms with Crippen LogP contribution in [0.4, 0.5) is 0 Å². The van der Waals surface area contributed by atoms with Gasteiger partial charge in [-0.2, -0.15) is 5.10 Å². The fourth-order valence-corrected chi connectivity index (χ4v) is 4.39. The minimum atomic E-state index is 0.191. The largest absolute Gasteiger partial charge is 0.341 e. The van der Waals surface area contributed by atoms with Crippen molar-refractivity contribution in [1.29, 1.82) is 0 Å². The van der Waals surface area contributed by atoms with Gasteiger partial charge in [-0.1, -0.05) is 6.42 Å². The molecule has 3 aliphatic rings. The smallest absolute Gasteiger partial charge is 0.226 e. The Labute approximate surface area is 148 Å². The summed E-state index contributed by atoms with van der Waals surface area (Å²) in [6, 6.07) is 0. The van der Waals surface area contributed by atoms with Crippen LogP contribution in [0.2, 0.25) is 0 Å². The predicted octanol–water partition coefficient (Wildman–Crippen LogP) is 1.31. The van der Waals surface area contributed by atoms with Crippen molar-refractivity contribution in [2.75, 3.05) is 26.2 Å². The van der Waals surface area contributed by atoms with E-state index in [0.717, 1.165) is 32.4 Å². The lowest BCUT2D eigenvalue weighted by atomic mass is 9.79. The second kappa shape index (κ2) is 6.77. The van der Waals surface area contributed by atoms with Crippen LogP contribution in [0.3, 0.4) is 0 Å². The second-order valence-electron chi connectivity index (χ2n) is 7.79. The van der Waals surface area contributed by atoms with E-state index in [-0.39, 0.29) is 11.8 Å². The molecule has 0 N–H and O–H groups in total. The Bertz CT molecular complexity index is 625. The molecule has 7 heteroatoms. The maximum Gasteiger partial charge on any atom is 0.226 e. The topological polar surface area (TPSA) is 71.3 Å². The van der Waals surface area contributed by atoms with Crippen LogP contribution in [0.5, 0.6) is 0 Å². The first-order valence-corrected chi connectivity index (χ1v) is 9.57. The van der Waals surface area contributed by atoms with Crippen molar-refractivity contribution in [2.24, 2.45) is 11.3 Å². The number of nitrogens with zero attached hydrogens (tertiary/aromatic N) is 5. The molecule has 2 saturated carbocycles. The molecule has 1 unspecified atom stereocenters. The van der Waals surface area contributed by atoms with Gasteiger partial charge in [-0.25, -0.2) is 4.98 Å². The van der Waals surface area contributed by atoms with Crippen LogP contribution in [0.1, 0.15) is 44.9 Å². The van der Waals surface area contributed by atoms with E-state index in [2.05, 4.69) is 10.1 Å². The van der Waals surface area contributed by atoms with Crippen molar-refractivity contribution in [3.63, 3.8) is 0 Å². The number of hydrogen-bond acceptors (Lipinski definition) is 4. The van der Waals surface area contributed by atoms with Gasteiger partial charge in [-0.05, 0) is 37.5 Å². The Morgan fingerprint density at radius 1 is 1.08 bits per heavy atom. The van der Waals surface area contributed by atoms with Crippen LogP contribution < -0.4 is 0 Å². The van der Waals surface area contributed by atoms with E-state index in [0.29, 0.717) is 37.4 Å². The van der Waals surface area contributed by atoms with E-state index in [1.807, 2.05) is 9.80 Å². The first kappa shape index (κ1) is 16.5. The predicted molar refractivity (Wildman–Crippen MR) is 91.4 cm³/mol. The molecule has 1 atom stereocenters. The van der Waals surface area contributed by atoms with E-state index in [1.165, 1.54) is 25.6 Å². The monoisotopic (exact) mass is 345 g/mol. The summed E-state index contributed by atoms with van der Waals surface area (Å²) in [4.78, 5) is 33.0. The number of rotatable bonds is 5. The third-order valence-electron chi connectivity index (χ3n) is 6.24. The number of aryl methyl sites for hydroxylation is 1. The molecule has 0 aromatic carbocycles. The summed E-state index contributed by atoms with van der Waals surface area (Å²) in [7, 11) is 0. The standard InChI is InChI=1S/C18H27N5O2/c24-16(4-1-9-23-14-19-13-20-23)21-7-3-8-22(11-10-21)17(25)15-12-18(15)5-2-6-18/h13-15H,1-12H2. The minimum absolute atomic E-state index is 0.191. The van der Waals surface area contributed by atoms with Crippen LogP contribution >= 0.6 is 0 Å². The zero-order chi connectivity index (χ0) is 17.3. The SMILES string of the molecule is O=C(CCCn1cncn1)N1CCCN(C(=O)C2CC23CCC3)CC1. The van der Waals surface area contributed by atoms with Crippen LogP contribution in [0, 0.1) is 11.3 Å². The van der Waals surface area contributed by atoms with Gasteiger partial charge < -0.3 is 9.80 Å². The Hall–Kier alpha value is -1.92. The summed E-state index contributed by atoms with van der Waals surface area (Å²) in [5.41, 5.74) is 0.389. The summed E-state index contributed by atoms with van der Waals surface area (Å²) >= 11 is 0. The third kappa shape index (κ3) is 3.41. The fourth-order valence-electron chi connectivity index (χ4n) is 4.39. The average Bonchev–Trinajstić information content (AvgIpc) is 3.24. The van der Waals surface area contributed by atoms with Gasteiger partial charge in [0.15, 0.2) is 0 Å². The van der Waals surface area contributed by atoms with Crippen molar-refractivity contribution in [2.45, 2.75) is 51.5 Å². The van der Waals surface area contributed by atoms with Gasteiger partial charge in [0.25, 0.3) is 0 Å². The molecule has 4 rings (SSSR count). The highest BCUT2D eigenvalue weighted by molar-refractivity contribution is 5.83. The maximum atomic E-state index is 12.7.